The van der Waals surface area contributed by atoms with Crippen LogP contribution in [0.4, 0.5) is 37.7 Å². The van der Waals surface area contributed by atoms with Gasteiger partial charge >= 0.3 is 12.4 Å². The van der Waals surface area contributed by atoms with E-state index in [1.165, 1.54) is 92.9 Å². The Bertz CT molecular complexity index is 2240. The van der Waals surface area contributed by atoms with Crippen molar-refractivity contribution in [3.8, 4) is 12.1 Å². The highest BCUT2D eigenvalue weighted by Crippen LogP contribution is 2.40. The average molecular weight is 1000 g/mol. The van der Waals surface area contributed by atoms with Gasteiger partial charge in [-0.05, 0) is 180 Å². The first-order valence-electron chi connectivity index (χ1n) is 24.5. The van der Waals surface area contributed by atoms with Crippen molar-refractivity contribution in [1.82, 2.24) is 19.6 Å². The zero-order chi connectivity index (χ0) is 50.9. The molecule has 0 bridgehead atoms. The second kappa shape index (κ2) is 23.7. The normalized spacial score (nSPS) is 20.8. The number of benzene rings is 2. The third kappa shape index (κ3) is 13.3. The van der Waals surface area contributed by atoms with Crippen LogP contribution < -0.4 is 9.80 Å². The van der Waals surface area contributed by atoms with E-state index in [0.717, 1.165) is 75.8 Å². The van der Waals surface area contributed by atoms with Crippen LogP contribution in [0.2, 0.25) is 0 Å². The lowest BCUT2D eigenvalue weighted by atomic mass is 10.0. The van der Waals surface area contributed by atoms with Gasteiger partial charge in [-0.2, -0.15) is 36.9 Å². The summed E-state index contributed by atoms with van der Waals surface area (Å²) in [6, 6.07) is 11.1. The van der Waals surface area contributed by atoms with Gasteiger partial charge in [-0.25, -0.2) is 0 Å². The number of carbonyl (C=O) groups is 2. The Balaban J connectivity index is 0.000000258. The molecule has 0 N–H and O–H groups in total. The van der Waals surface area contributed by atoms with Crippen molar-refractivity contribution in [3.05, 3.63) is 58.7 Å². The molecule has 0 aromatic heterocycles. The summed E-state index contributed by atoms with van der Waals surface area (Å²) in [5.41, 5.74) is -4.92. The number of likely N-dealkylation sites (tertiary alicyclic amines) is 2. The number of nitrogens with zero attached hydrogens (tertiary/aromatic N) is 8. The fourth-order valence-corrected chi connectivity index (χ4v) is 11.0. The maximum atomic E-state index is 13.4. The van der Waals surface area contributed by atoms with Crippen molar-refractivity contribution in [2.75, 3.05) is 49.1 Å². The van der Waals surface area contributed by atoms with E-state index in [9.17, 15) is 35.9 Å². The quantitative estimate of drug-likeness (QED) is 0.0768. The van der Waals surface area contributed by atoms with Gasteiger partial charge < -0.3 is 19.6 Å². The van der Waals surface area contributed by atoms with E-state index in [-0.39, 0.29) is 33.4 Å². The first-order chi connectivity index (χ1) is 32.5. The zero-order valence-electron chi connectivity index (χ0n) is 40.9. The van der Waals surface area contributed by atoms with Crippen LogP contribution in [0.15, 0.2) is 36.4 Å². The van der Waals surface area contributed by atoms with Crippen LogP contribution in [0.3, 0.4) is 0 Å². The molecule has 2 amide bonds. The molecule has 2 aromatic rings. The van der Waals surface area contributed by atoms with Crippen molar-refractivity contribution in [2.45, 2.75) is 173 Å². The van der Waals surface area contributed by atoms with Crippen molar-refractivity contribution in [1.29, 1.82) is 10.5 Å². The standard InChI is InChI=1S/C26H35F3N4OS.C25H33F3N4OS/c1-19-11-10-15-31(19)14-8-6-4-5-7-9-16-32-24(35)33(23(34)25(32,2)3)21-13-12-20(18-30)22(17-21)26(27,28)29;1-18-10-9-14-30(18)13-7-5-4-6-8-15-31-23(34)32(22(33)24(31,2)3)20-12-11-19(17-29)21(16-20)25(26,27)28/h12-13,17,19H,4-11,14-16H2,1-3H3;11-12,16,18H,4-10,13-15H2,1-3H3. The lowest BCUT2D eigenvalue weighted by Gasteiger charge is -2.29. The van der Waals surface area contributed by atoms with Gasteiger partial charge in [0.2, 0.25) is 0 Å². The molecule has 6 rings (SSSR count). The predicted molar refractivity (Wildman–Crippen MR) is 265 cm³/mol. The molecule has 10 nitrogen and oxygen atoms in total. The molecule has 4 saturated heterocycles. The second-order valence-corrected chi connectivity index (χ2v) is 20.6. The molecule has 0 aliphatic carbocycles. The summed E-state index contributed by atoms with van der Waals surface area (Å²) in [6.07, 6.45) is 7.70. The van der Waals surface area contributed by atoms with E-state index in [4.69, 9.17) is 35.0 Å². The molecule has 2 unspecified atom stereocenters. The molecular weight excluding hydrogens is 935 g/mol. The highest BCUT2D eigenvalue weighted by molar-refractivity contribution is 7.80. The van der Waals surface area contributed by atoms with Gasteiger partial charge in [0.05, 0.1) is 45.8 Å². The molecule has 378 valence electrons. The third-order valence-electron chi connectivity index (χ3n) is 14.3. The first-order valence-corrected chi connectivity index (χ1v) is 25.3. The van der Waals surface area contributed by atoms with Crippen LogP contribution in [-0.2, 0) is 21.9 Å². The molecule has 18 heteroatoms. The van der Waals surface area contributed by atoms with Crippen LogP contribution in [0.1, 0.15) is 160 Å². The molecule has 0 spiro atoms. The van der Waals surface area contributed by atoms with E-state index >= 15 is 0 Å². The predicted octanol–water partition coefficient (Wildman–Crippen LogP) is 11.8. The Labute approximate surface area is 415 Å². The number of carbonyl (C=O) groups excluding carboxylic acids is 2. The molecule has 4 aliphatic rings. The number of unbranched alkanes of at least 4 members (excludes halogenated alkanes) is 9. The van der Waals surface area contributed by atoms with Gasteiger partial charge in [0.15, 0.2) is 10.2 Å². The minimum absolute atomic E-state index is 0.0352. The zero-order valence-corrected chi connectivity index (χ0v) is 42.6. The van der Waals surface area contributed by atoms with Crippen LogP contribution in [0.5, 0.6) is 0 Å². The molecule has 4 heterocycles. The fourth-order valence-electron chi connectivity index (χ4n) is 9.94. The third-order valence-corrected chi connectivity index (χ3v) is 15.1. The SMILES string of the molecule is CC1CCCN1CCCCCCCCN1C(=S)N(c2ccc(C#N)c(C(F)(F)F)c2)C(=O)C1(C)C.CC1CCCN1CCCCCCCN1C(=S)N(c2ccc(C#N)c(C(F)(F)F)c2)C(=O)C1(C)C. The van der Waals surface area contributed by atoms with Crippen molar-refractivity contribution >= 4 is 57.8 Å². The summed E-state index contributed by atoms with van der Waals surface area (Å²) in [5, 5.41) is 18.5. The molecule has 4 aliphatic heterocycles. The molecule has 69 heavy (non-hydrogen) atoms. The molecule has 2 aromatic carbocycles. The topological polar surface area (TPSA) is 101 Å². The van der Waals surface area contributed by atoms with Gasteiger partial charge in [0.1, 0.15) is 11.1 Å². The number of nitriles is 2. The van der Waals surface area contributed by atoms with Gasteiger partial charge in [-0.1, -0.05) is 44.9 Å². The average Bonchev–Trinajstić information content (AvgIpc) is 3.99. The number of rotatable bonds is 19. The van der Waals surface area contributed by atoms with Crippen molar-refractivity contribution < 1.29 is 35.9 Å². The lowest BCUT2D eigenvalue weighted by molar-refractivity contribution is -0.138. The minimum Gasteiger partial charge on any atom is -0.334 e. The lowest BCUT2D eigenvalue weighted by Crippen LogP contribution is -2.44. The molecule has 0 saturated carbocycles. The smallest absolute Gasteiger partial charge is 0.334 e. The number of thiocarbonyl (C=S) groups is 2. The summed E-state index contributed by atoms with van der Waals surface area (Å²) >= 11 is 11.1. The second-order valence-electron chi connectivity index (χ2n) is 19.9. The van der Waals surface area contributed by atoms with E-state index in [2.05, 4.69) is 23.6 Å². The Hall–Kier alpha value is -4.36. The first kappa shape index (κ1) is 55.6. The number of amides is 2. The van der Waals surface area contributed by atoms with Gasteiger partial charge in [0.25, 0.3) is 11.8 Å². The summed E-state index contributed by atoms with van der Waals surface area (Å²) in [4.78, 5) is 37.4. The van der Waals surface area contributed by atoms with Gasteiger partial charge in [0, 0.05) is 25.2 Å². The Morgan fingerprint density at radius 3 is 1.17 bits per heavy atom. The van der Waals surface area contributed by atoms with E-state index in [1.807, 2.05) is 9.80 Å². The highest BCUT2D eigenvalue weighted by Gasteiger charge is 2.51. The Kier molecular flexibility index (Phi) is 19.1. The maximum absolute atomic E-state index is 13.4. The highest BCUT2D eigenvalue weighted by atomic mass is 32.1. The molecule has 2 atom stereocenters. The molecular formula is C51H68F6N8O2S2. The Morgan fingerprint density at radius 1 is 0.565 bits per heavy atom. The van der Waals surface area contributed by atoms with Crippen LogP contribution >= 0.6 is 24.4 Å². The monoisotopic (exact) mass is 1000 g/mol. The number of hydrogen-bond donors (Lipinski definition) is 0. The largest absolute Gasteiger partial charge is 0.417 e. The Morgan fingerprint density at radius 2 is 0.884 bits per heavy atom. The van der Waals surface area contributed by atoms with Crippen LogP contribution in [0, 0.1) is 22.7 Å². The molecule has 4 fully saturated rings. The van der Waals surface area contributed by atoms with Gasteiger partial charge in [-0.3, -0.25) is 19.4 Å². The number of anilines is 2. The van der Waals surface area contributed by atoms with E-state index in [0.29, 0.717) is 25.2 Å². The number of alkyl halides is 6. The molecule has 0 radical (unpaired) electrons. The van der Waals surface area contributed by atoms with Crippen LogP contribution in [-0.4, -0.2) is 104 Å². The van der Waals surface area contributed by atoms with Crippen LogP contribution in [0.25, 0.3) is 0 Å². The summed E-state index contributed by atoms with van der Waals surface area (Å²) in [6.45, 7) is 17.5. The van der Waals surface area contributed by atoms with Crippen molar-refractivity contribution in [2.24, 2.45) is 0 Å². The van der Waals surface area contributed by atoms with Gasteiger partial charge in [-0.15, -0.1) is 0 Å². The van der Waals surface area contributed by atoms with Crippen molar-refractivity contribution in [3.63, 3.8) is 0 Å². The van der Waals surface area contributed by atoms with E-state index < -0.39 is 45.7 Å². The maximum Gasteiger partial charge on any atom is 0.417 e. The summed E-state index contributed by atoms with van der Waals surface area (Å²) in [7, 11) is 0. The van der Waals surface area contributed by atoms with E-state index in [1.54, 1.807) is 39.8 Å². The summed E-state index contributed by atoms with van der Waals surface area (Å²) < 4.78 is 80.6. The fraction of sp³-hybridized carbons (Fsp3) is 0.647. The minimum atomic E-state index is -4.70. The number of hydrogen-bond acceptors (Lipinski definition) is 8. The number of halogens is 6. The summed E-state index contributed by atoms with van der Waals surface area (Å²) in [5.74, 6) is -0.730.